The van der Waals surface area contributed by atoms with Crippen molar-refractivity contribution in [2.75, 3.05) is 11.5 Å². The molecule has 1 aliphatic carbocycles. The largest absolute Gasteiger partial charge is 0.484 e. The highest BCUT2D eigenvalue weighted by molar-refractivity contribution is 7.80. The van der Waals surface area contributed by atoms with Gasteiger partial charge in [-0.15, -0.1) is 0 Å². The third-order valence-corrected chi connectivity index (χ3v) is 3.46. The van der Waals surface area contributed by atoms with Crippen LogP contribution in [-0.4, -0.2) is 23.4 Å². The minimum absolute atomic E-state index is 0.0788. The van der Waals surface area contributed by atoms with Crippen LogP contribution in [0.1, 0.15) is 6.42 Å². The van der Waals surface area contributed by atoms with Gasteiger partial charge in [-0.05, 0) is 18.6 Å². The Balaban J connectivity index is 1.90. The van der Waals surface area contributed by atoms with E-state index in [1.54, 1.807) is 24.3 Å². The van der Waals surface area contributed by atoms with Gasteiger partial charge in [-0.3, -0.25) is 9.59 Å². The van der Waals surface area contributed by atoms with Gasteiger partial charge in [-0.25, -0.2) is 4.90 Å². The van der Waals surface area contributed by atoms with E-state index in [2.05, 4.69) is 0 Å². The summed E-state index contributed by atoms with van der Waals surface area (Å²) in [6.07, 6.45) is 0.685. The summed E-state index contributed by atoms with van der Waals surface area (Å²) in [5.41, 5.74) is 5.86. The van der Waals surface area contributed by atoms with Gasteiger partial charge in [0.1, 0.15) is 17.3 Å². The molecule has 2 atom stereocenters. The summed E-state index contributed by atoms with van der Waals surface area (Å²) in [5, 5.41) is 0. The minimum atomic E-state index is -0.138. The Morgan fingerprint density at radius 2 is 1.95 bits per heavy atom. The second-order valence-corrected chi connectivity index (χ2v) is 5.21. The van der Waals surface area contributed by atoms with Crippen molar-refractivity contribution in [3.05, 3.63) is 24.3 Å². The molecule has 1 aliphatic heterocycles. The molecule has 1 heterocycles. The number of piperidine rings is 1. The topological polar surface area (TPSA) is 72.6 Å². The zero-order valence-electron chi connectivity index (χ0n) is 10.0. The van der Waals surface area contributed by atoms with E-state index in [4.69, 9.17) is 22.7 Å². The number of hydrogen-bond acceptors (Lipinski definition) is 4. The molecular formula is C13H12N2O3S. The molecule has 2 fully saturated rings. The lowest BCUT2D eigenvalue weighted by molar-refractivity contribution is -0.123. The summed E-state index contributed by atoms with van der Waals surface area (Å²) in [5.74, 6) is -0.0895. The fourth-order valence-electron chi connectivity index (χ4n) is 2.33. The number of nitrogens with zero attached hydrogens (tertiary/aromatic N) is 1. The second-order valence-electron chi connectivity index (χ2n) is 4.68. The number of ether oxygens (including phenoxy) is 1. The monoisotopic (exact) mass is 276 g/mol. The summed E-state index contributed by atoms with van der Waals surface area (Å²) < 4.78 is 5.45. The third-order valence-electron chi connectivity index (χ3n) is 3.34. The van der Waals surface area contributed by atoms with Crippen molar-refractivity contribution in [3.63, 3.8) is 0 Å². The number of amides is 2. The highest BCUT2D eigenvalue weighted by Crippen LogP contribution is 2.49. The van der Waals surface area contributed by atoms with Crippen LogP contribution >= 0.6 is 12.2 Å². The van der Waals surface area contributed by atoms with Gasteiger partial charge in [0.05, 0.1) is 17.5 Å². The van der Waals surface area contributed by atoms with Crippen molar-refractivity contribution >= 4 is 34.7 Å². The molecule has 0 bridgehead atoms. The summed E-state index contributed by atoms with van der Waals surface area (Å²) in [6, 6.07) is 6.91. The average Bonchev–Trinajstić information content (AvgIpc) is 3.13. The molecule has 2 amide bonds. The molecule has 2 N–H and O–H groups in total. The lowest BCUT2D eigenvalue weighted by atomic mass is 10.2. The summed E-state index contributed by atoms with van der Waals surface area (Å²) in [6.45, 7) is 0.0788. The van der Waals surface area contributed by atoms with E-state index in [0.717, 1.165) is 0 Å². The van der Waals surface area contributed by atoms with Crippen molar-refractivity contribution in [3.8, 4) is 5.75 Å². The van der Waals surface area contributed by atoms with Crippen LogP contribution < -0.4 is 15.4 Å². The molecule has 0 aromatic heterocycles. The van der Waals surface area contributed by atoms with Crippen LogP contribution in [0, 0.1) is 11.8 Å². The molecule has 0 radical (unpaired) electrons. The standard InChI is InChI=1S/C13H12N2O3S/c14-11(19)6-18-10-4-2-1-3-9(10)15-12(16)7-5-8(7)13(15)17/h1-4,7-8H,5-6H2,(H2,14,19). The van der Waals surface area contributed by atoms with Crippen molar-refractivity contribution in [2.24, 2.45) is 17.6 Å². The summed E-state index contributed by atoms with van der Waals surface area (Å²) in [4.78, 5) is 25.5. The number of carbonyl (C=O) groups excluding carboxylic acids is 2. The number of anilines is 1. The lowest BCUT2D eigenvalue weighted by Gasteiger charge is -2.19. The lowest BCUT2D eigenvalue weighted by Crippen LogP contribution is -2.33. The molecule has 2 unspecified atom stereocenters. The van der Waals surface area contributed by atoms with Gasteiger partial charge in [-0.1, -0.05) is 24.4 Å². The maximum atomic E-state index is 12.0. The number of rotatable bonds is 4. The van der Waals surface area contributed by atoms with E-state index in [-0.39, 0.29) is 35.2 Å². The van der Waals surface area contributed by atoms with E-state index in [9.17, 15) is 9.59 Å². The normalized spacial score (nSPS) is 24.3. The molecule has 1 aromatic rings. The van der Waals surface area contributed by atoms with Crippen LogP contribution in [0.15, 0.2) is 24.3 Å². The Morgan fingerprint density at radius 3 is 2.58 bits per heavy atom. The number of hydrogen-bond donors (Lipinski definition) is 1. The van der Waals surface area contributed by atoms with Gasteiger partial charge in [0.25, 0.3) is 0 Å². The fraction of sp³-hybridized carbons (Fsp3) is 0.308. The number of fused-ring (bicyclic) bond motifs is 1. The first-order valence-corrected chi connectivity index (χ1v) is 6.38. The average molecular weight is 276 g/mol. The Morgan fingerprint density at radius 1 is 1.32 bits per heavy atom. The Bertz CT molecular complexity index is 567. The number of para-hydroxylation sites is 2. The molecular weight excluding hydrogens is 264 g/mol. The molecule has 2 aliphatic rings. The van der Waals surface area contributed by atoms with Crippen molar-refractivity contribution < 1.29 is 14.3 Å². The smallest absolute Gasteiger partial charge is 0.237 e. The highest BCUT2D eigenvalue weighted by Gasteiger charge is 2.59. The van der Waals surface area contributed by atoms with Gasteiger partial charge in [0.2, 0.25) is 11.8 Å². The van der Waals surface area contributed by atoms with Gasteiger partial charge >= 0.3 is 0 Å². The molecule has 98 valence electrons. The SMILES string of the molecule is NC(=S)COc1ccccc1N1C(=O)C2CC2C1=O. The molecule has 1 saturated carbocycles. The van der Waals surface area contributed by atoms with Crippen LogP contribution in [0.3, 0.4) is 0 Å². The quantitative estimate of drug-likeness (QED) is 0.652. The van der Waals surface area contributed by atoms with Gasteiger partial charge in [-0.2, -0.15) is 0 Å². The summed E-state index contributed by atoms with van der Waals surface area (Å²) >= 11 is 4.75. The van der Waals surface area contributed by atoms with E-state index in [1.165, 1.54) is 4.90 Å². The molecule has 1 aromatic carbocycles. The Hall–Kier alpha value is -1.95. The summed E-state index contributed by atoms with van der Waals surface area (Å²) in [7, 11) is 0. The first-order valence-electron chi connectivity index (χ1n) is 5.97. The van der Waals surface area contributed by atoms with Crippen LogP contribution in [0.4, 0.5) is 5.69 Å². The van der Waals surface area contributed by atoms with E-state index in [0.29, 0.717) is 17.9 Å². The highest BCUT2D eigenvalue weighted by atomic mass is 32.1. The van der Waals surface area contributed by atoms with Gasteiger partial charge in [0, 0.05) is 0 Å². The fourth-order valence-corrected chi connectivity index (χ4v) is 2.39. The molecule has 0 spiro atoms. The van der Waals surface area contributed by atoms with Crippen LogP contribution in [0.2, 0.25) is 0 Å². The number of carbonyl (C=O) groups is 2. The zero-order valence-corrected chi connectivity index (χ0v) is 10.9. The predicted molar refractivity (Wildman–Crippen MR) is 72.8 cm³/mol. The Labute approximate surface area is 115 Å². The van der Waals surface area contributed by atoms with Crippen LogP contribution in [0.5, 0.6) is 5.75 Å². The maximum Gasteiger partial charge on any atom is 0.237 e. The molecule has 3 rings (SSSR count). The first kappa shape index (κ1) is 12.1. The number of benzene rings is 1. The van der Waals surface area contributed by atoms with Crippen molar-refractivity contribution in [1.29, 1.82) is 0 Å². The second kappa shape index (κ2) is 4.31. The number of imide groups is 1. The van der Waals surface area contributed by atoms with Gasteiger partial charge < -0.3 is 10.5 Å². The van der Waals surface area contributed by atoms with Crippen molar-refractivity contribution in [2.45, 2.75) is 6.42 Å². The molecule has 6 heteroatoms. The van der Waals surface area contributed by atoms with Crippen LogP contribution in [0.25, 0.3) is 0 Å². The van der Waals surface area contributed by atoms with E-state index in [1.807, 2.05) is 0 Å². The number of thiocarbonyl (C=S) groups is 1. The number of nitrogens with two attached hydrogens (primary N) is 1. The van der Waals surface area contributed by atoms with E-state index < -0.39 is 0 Å². The third kappa shape index (κ3) is 1.98. The first-order chi connectivity index (χ1) is 9.09. The van der Waals surface area contributed by atoms with Crippen molar-refractivity contribution in [1.82, 2.24) is 0 Å². The zero-order chi connectivity index (χ0) is 13.6. The maximum absolute atomic E-state index is 12.0. The Kier molecular flexibility index (Phi) is 2.74. The van der Waals surface area contributed by atoms with Gasteiger partial charge in [0.15, 0.2) is 0 Å². The molecule has 1 saturated heterocycles. The molecule has 19 heavy (non-hydrogen) atoms. The predicted octanol–water partition coefficient (Wildman–Crippen LogP) is 0.861. The molecule has 5 nitrogen and oxygen atoms in total. The van der Waals surface area contributed by atoms with E-state index >= 15 is 0 Å². The van der Waals surface area contributed by atoms with Crippen LogP contribution in [-0.2, 0) is 9.59 Å². The minimum Gasteiger partial charge on any atom is -0.484 e.